The largest absolute Gasteiger partial charge is 0.417 e. The van der Waals surface area contributed by atoms with E-state index in [4.69, 9.17) is 14.5 Å². The lowest BCUT2D eigenvalue weighted by Crippen LogP contribution is -2.65. The van der Waals surface area contributed by atoms with Crippen LogP contribution >= 0.6 is 0 Å². The number of alkyl halides is 3. The molecular formula is C48H52BF3N7O6. The fraction of sp³-hybridized carbons (Fsp3) is 0.417. The number of benzene rings is 2. The summed E-state index contributed by atoms with van der Waals surface area (Å²) >= 11 is 0. The third kappa shape index (κ3) is 8.79. The average Bonchev–Trinajstić information content (AvgIpc) is 3.93. The number of hydrogen-bond donors (Lipinski definition) is 3. The molecule has 5 unspecified atom stereocenters. The van der Waals surface area contributed by atoms with Crippen LogP contribution in [0.1, 0.15) is 85.8 Å². The highest BCUT2D eigenvalue weighted by Crippen LogP contribution is 2.34. The standard InChI is InChI=1S/C48H52BF3N7O6/c1-28-7-5-6-8-30(28)15-31-11-13-56(25-41(31)60)45(62)40-24-59-22-37(18-38(29(2)65-4)44(59)55-40)49-36-10-9-32-20-53-47(19-33(32)17-36)12-14-57(26-42(47)61)46(63)39-23-58-21-35(48(50,51)52)16-34(27-64-3)43(58)54-39/h5-10,16-18,21-24,29,31,41-42,53,60-61H,11-15,19-20,25-27H2,1-4H3. The van der Waals surface area contributed by atoms with Crippen molar-refractivity contribution in [3.8, 4) is 0 Å². The Morgan fingerprint density at radius 2 is 1.62 bits per heavy atom. The highest BCUT2D eigenvalue weighted by Gasteiger charge is 2.45. The second-order valence-corrected chi connectivity index (χ2v) is 17.9. The summed E-state index contributed by atoms with van der Waals surface area (Å²) < 4.78 is 54.9. The lowest BCUT2D eigenvalue weighted by Gasteiger charge is -2.48. The van der Waals surface area contributed by atoms with Gasteiger partial charge in [-0.1, -0.05) is 59.5 Å². The van der Waals surface area contributed by atoms with Crippen molar-refractivity contribution in [2.45, 2.75) is 82.7 Å². The number of carbonyl (C=O) groups is 2. The Bertz CT molecular complexity index is 2780. The maximum Gasteiger partial charge on any atom is 0.417 e. The topological polar surface area (TPSA) is 146 Å². The highest BCUT2D eigenvalue weighted by molar-refractivity contribution is 6.67. The Balaban J connectivity index is 0.888. The molecule has 5 atom stereocenters. The average molecular weight is 891 g/mol. The number of carbonyl (C=O) groups excluding carboxylic acids is 2. The van der Waals surface area contributed by atoms with Crippen LogP contribution in [-0.4, -0.2) is 116 Å². The van der Waals surface area contributed by atoms with Gasteiger partial charge in [0.15, 0.2) is 7.28 Å². The van der Waals surface area contributed by atoms with Crippen LogP contribution in [0.2, 0.25) is 0 Å². The zero-order valence-corrected chi connectivity index (χ0v) is 36.8. The van der Waals surface area contributed by atoms with Gasteiger partial charge in [0.05, 0.1) is 36.0 Å². The molecule has 6 aromatic rings. The Labute approximate surface area is 375 Å². The number of aromatic nitrogens is 4. The first-order chi connectivity index (χ1) is 31.1. The van der Waals surface area contributed by atoms with Gasteiger partial charge in [-0.15, -0.1) is 0 Å². The van der Waals surface area contributed by atoms with E-state index in [0.717, 1.165) is 46.3 Å². The number of fused-ring (bicyclic) bond motifs is 3. The molecule has 3 aliphatic rings. The number of likely N-dealkylation sites (tertiary alicyclic amines) is 2. The van der Waals surface area contributed by atoms with E-state index < -0.39 is 35.4 Å². The van der Waals surface area contributed by atoms with Gasteiger partial charge in [0.25, 0.3) is 11.8 Å². The summed E-state index contributed by atoms with van der Waals surface area (Å²) in [6.45, 7) is 5.50. The number of piperidine rings is 2. The predicted octanol–water partition coefficient (Wildman–Crippen LogP) is 4.18. The van der Waals surface area contributed by atoms with Crippen LogP contribution in [0.25, 0.3) is 11.3 Å². The van der Waals surface area contributed by atoms with Crippen molar-refractivity contribution in [3.05, 3.63) is 130 Å². The fourth-order valence-electron chi connectivity index (χ4n) is 9.80. The van der Waals surface area contributed by atoms with Gasteiger partial charge in [0.1, 0.15) is 22.7 Å². The molecule has 2 fully saturated rings. The first-order valence-electron chi connectivity index (χ1n) is 22.0. The number of halogens is 3. The van der Waals surface area contributed by atoms with E-state index in [9.17, 15) is 33.0 Å². The van der Waals surface area contributed by atoms with Gasteiger partial charge >= 0.3 is 6.18 Å². The molecule has 2 amide bonds. The number of imidazole rings is 2. The molecule has 339 valence electrons. The minimum Gasteiger partial charge on any atom is -0.391 e. The maximum absolute atomic E-state index is 13.9. The lowest BCUT2D eigenvalue weighted by atomic mass is 9.63. The zero-order chi connectivity index (χ0) is 45.8. The van der Waals surface area contributed by atoms with Crippen molar-refractivity contribution in [1.29, 1.82) is 0 Å². The number of β-amino-alcohol motifs (C(OH)–C–C–N with tert-alkyl or cyclic N) is 2. The summed E-state index contributed by atoms with van der Waals surface area (Å²) in [5.41, 5.74) is 6.89. The summed E-state index contributed by atoms with van der Waals surface area (Å²) in [7, 11) is 5.06. The molecule has 4 aromatic heterocycles. The van der Waals surface area contributed by atoms with E-state index in [1.54, 1.807) is 18.2 Å². The Hall–Kier alpha value is -5.59. The van der Waals surface area contributed by atoms with Crippen LogP contribution in [0, 0.1) is 12.8 Å². The number of rotatable bonds is 10. The zero-order valence-electron chi connectivity index (χ0n) is 36.8. The van der Waals surface area contributed by atoms with Crippen molar-refractivity contribution >= 4 is 41.3 Å². The molecule has 7 heterocycles. The predicted molar refractivity (Wildman–Crippen MR) is 238 cm³/mol. The van der Waals surface area contributed by atoms with Gasteiger partial charge in [0.2, 0.25) is 0 Å². The summed E-state index contributed by atoms with van der Waals surface area (Å²) in [6, 6.07) is 17.4. The lowest BCUT2D eigenvalue weighted by molar-refractivity contribution is -0.138. The van der Waals surface area contributed by atoms with Gasteiger partial charge in [-0.3, -0.25) is 9.59 Å². The highest BCUT2D eigenvalue weighted by atomic mass is 19.4. The molecule has 3 aliphatic heterocycles. The van der Waals surface area contributed by atoms with E-state index in [-0.39, 0.29) is 54.5 Å². The molecule has 13 nitrogen and oxygen atoms in total. The second kappa shape index (κ2) is 17.7. The first kappa shape index (κ1) is 44.6. The third-order valence-electron chi connectivity index (χ3n) is 13.7. The van der Waals surface area contributed by atoms with Crippen molar-refractivity contribution in [1.82, 2.24) is 33.9 Å². The molecule has 3 N–H and O–H groups in total. The number of hydrogen-bond acceptors (Lipinski definition) is 9. The number of nitrogens with zero attached hydrogens (tertiary/aromatic N) is 6. The van der Waals surface area contributed by atoms with E-state index in [0.29, 0.717) is 50.2 Å². The Morgan fingerprint density at radius 3 is 2.31 bits per heavy atom. The van der Waals surface area contributed by atoms with E-state index in [2.05, 4.69) is 48.8 Å². The van der Waals surface area contributed by atoms with Crippen molar-refractivity contribution in [2.75, 3.05) is 40.4 Å². The van der Waals surface area contributed by atoms with Crippen LogP contribution in [0.15, 0.2) is 79.4 Å². The minimum absolute atomic E-state index is 0.0162. The number of aliphatic hydroxyl groups excluding tert-OH is 2. The summed E-state index contributed by atoms with van der Waals surface area (Å²) in [5.74, 6) is -0.647. The second-order valence-electron chi connectivity index (χ2n) is 17.9. The number of aliphatic hydroxyl groups is 2. The number of aryl methyl sites for hydroxylation is 1. The number of pyridine rings is 2. The van der Waals surface area contributed by atoms with Crippen molar-refractivity contribution < 1.29 is 42.4 Å². The van der Waals surface area contributed by atoms with Gasteiger partial charge in [-0.25, -0.2) is 9.97 Å². The quantitative estimate of drug-likeness (QED) is 0.173. The summed E-state index contributed by atoms with van der Waals surface area (Å²) in [4.78, 5) is 40.0. The number of amides is 2. The van der Waals surface area contributed by atoms with Crippen molar-refractivity contribution in [2.24, 2.45) is 5.92 Å². The molecule has 17 heteroatoms. The van der Waals surface area contributed by atoms with Gasteiger partial charge in [-0.05, 0) is 73.8 Å². The van der Waals surface area contributed by atoms with E-state index >= 15 is 0 Å². The molecule has 9 rings (SSSR count). The molecule has 1 spiro atoms. The van der Waals surface area contributed by atoms with Gasteiger partial charge in [0, 0.05) is 82.9 Å². The molecule has 0 bridgehead atoms. The monoisotopic (exact) mass is 890 g/mol. The van der Waals surface area contributed by atoms with Crippen LogP contribution in [-0.2, 0) is 41.6 Å². The smallest absolute Gasteiger partial charge is 0.391 e. The Morgan fingerprint density at radius 1 is 0.892 bits per heavy atom. The number of nitrogens with one attached hydrogen (secondary N) is 1. The number of ether oxygens (including phenoxy) is 2. The molecule has 2 aromatic carbocycles. The molecule has 0 saturated carbocycles. The Kier molecular flexibility index (Phi) is 12.1. The van der Waals surface area contributed by atoms with Crippen LogP contribution in [0.4, 0.5) is 13.2 Å². The molecule has 1 radical (unpaired) electrons. The molecule has 0 aliphatic carbocycles. The summed E-state index contributed by atoms with van der Waals surface area (Å²) in [5, 5.41) is 26.4. The van der Waals surface area contributed by atoms with Crippen LogP contribution in [0.5, 0.6) is 0 Å². The normalized spacial score (nSPS) is 21.8. The third-order valence-corrected chi connectivity index (χ3v) is 13.7. The first-order valence-corrected chi connectivity index (χ1v) is 22.0. The SMILES string of the molecule is COCc1cc(C(F)(F)F)cn2cc(C(=O)N3CCC4(Cc5cc([B]c6cc(C(C)OC)c7nc(C(=O)N8CCC(Cc9ccccc9C)C(O)C8)cn7c6)ccc5CN4)C(O)C3)nc12. The maximum atomic E-state index is 13.9. The number of methoxy groups -OCH3 is 2. The molecule has 2 saturated heterocycles. The van der Waals surface area contributed by atoms with Gasteiger partial charge in [-0.2, -0.15) is 13.2 Å². The van der Waals surface area contributed by atoms with Crippen molar-refractivity contribution in [3.63, 3.8) is 0 Å². The molecular weight excluding hydrogens is 838 g/mol. The molecule has 65 heavy (non-hydrogen) atoms. The minimum atomic E-state index is -4.59. The summed E-state index contributed by atoms with van der Waals surface area (Å²) in [6.07, 6.45) is 1.78. The van der Waals surface area contributed by atoms with Gasteiger partial charge < -0.3 is 43.6 Å². The van der Waals surface area contributed by atoms with Crippen LogP contribution < -0.4 is 16.2 Å². The van der Waals surface area contributed by atoms with E-state index in [1.165, 1.54) is 33.7 Å². The van der Waals surface area contributed by atoms with Crippen LogP contribution in [0.3, 0.4) is 0 Å². The van der Waals surface area contributed by atoms with E-state index in [1.807, 2.05) is 41.8 Å². The fourth-order valence-corrected chi connectivity index (χ4v) is 9.80.